The summed E-state index contributed by atoms with van der Waals surface area (Å²) in [7, 11) is 1.97. The molecule has 0 atom stereocenters. The van der Waals surface area contributed by atoms with Crippen molar-refractivity contribution in [2.75, 3.05) is 13.6 Å². The summed E-state index contributed by atoms with van der Waals surface area (Å²) >= 11 is 0. The molecular weight excluding hydrogens is 450 g/mol. The van der Waals surface area contributed by atoms with Gasteiger partial charge in [-0.1, -0.05) is 12.1 Å². The van der Waals surface area contributed by atoms with Gasteiger partial charge in [0.15, 0.2) is 11.5 Å². The molecule has 1 aliphatic heterocycles. The molecule has 0 aliphatic carbocycles. The first-order chi connectivity index (χ1) is 16.5. The average Bonchev–Trinajstić information content (AvgIpc) is 3.07. The van der Waals surface area contributed by atoms with Crippen LogP contribution < -0.4 is 15.2 Å². The van der Waals surface area contributed by atoms with Crippen molar-refractivity contribution < 1.29 is 24.5 Å². The monoisotopic (exact) mass is 475 g/mol. The molecule has 0 radical (unpaired) electrons. The molecule has 1 aliphatic rings. The van der Waals surface area contributed by atoms with Crippen LogP contribution in [0.2, 0.25) is 0 Å². The summed E-state index contributed by atoms with van der Waals surface area (Å²) in [4.78, 5) is 22.8. The van der Waals surface area contributed by atoms with Crippen molar-refractivity contribution in [3.63, 3.8) is 0 Å². The molecule has 4 rings (SSSR count). The van der Waals surface area contributed by atoms with Crippen LogP contribution in [0.1, 0.15) is 35.3 Å². The fourth-order valence-corrected chi connectivity index (χ4v) is 3.75. The van der Waals surface area contributed by atoms with Gasteiger partial charge in [-0.15, -0.1) is 0 Å². The van der Waals surface area contributed by atoms with Crippen LogP contribution in [0.4, 0.5) is 0 Å². The second kappa shape index (κ2) is 8.98. The lowest BCUT2D eigenvalue weighted by Crippen LogP contribution is -2.29. The number of pyridine rings is 1. The molecule has 0 unspecified atom stereocenters. The maximum absolute atomic E-state index is 11.7. The molecule has 0 bridgehead atoms. The Kier molecular flexibility index (Phi) is 6.04. The van der Waals surface area contributed by atoms with Crippen LogP contribution in [0.3, 0.4) is 0 Å². The first-order valence-corrected chi connectivity index (χ1v) is 10.7. The van der Waals surface area contributed by atoms with E-state index in [-0.39, 0.29) is 40.2 Å². The largest absolute Gasteiger partial charge is 0.504 e. The van der Waals surface area contributed by atoms with E-state index in [1.165, 1.54) is 30.3 Å². The van der Waals surface area contributed by atoms with Crippen molar-refractivity contribution in [2.45, 2.75) is 19.4 Å². The van der Waals surface area contributed by atoms with Gasteiger partial charge >= 0.3 is 5.97 Å². The predicted molar refractivity (Wildman–Crippen MR) is 130 cm³/mol. The molecular formula is C25H25N5O5. The number of benzene rings is 2. The molecule has 0 saturated carbocycles. The van der Waals surface area contributed by atoms with E-state index in [1.54, 1.807) is 12.1 Å². The molecule has 2 aromatic carbocycles. The van der Waals surface area contributed by atoms with Gasteiger partial charge in [-0.25, -0.2) is 4.79 Å². The zero-order chi connectivity index (χ0) is 25.3. The number of aromatic carboxylic acids is 1. The second-order valence-corrected chi connectivity index (χ2v) is 8.77. The maximum atomic E-state index is 11.7. The highest BCUT2D eigenvalue weighted by Gasteiger charge is 2.29. The number of carbonyl (C=O) groups is 1. The Morgan fingerprint density at radius 1 is 1.09 bits per heavy atom. The number of nitrogens with two attached hydrogens (primary N) is 1. The molecule has 0 saturated heterocycles. The minimum absolute atomic E-state index is 0.0127. The third-order valence-corrected chi connectivity index (χ3v) is 5.22. The number of ether oxygens (including phenoxy) is 2. The van der Waals surface area contributed by atoms with Gasteiger partial charge in [-0.2, -0.15) is 4.98 Å². The Balaban J connectivity index is 1.65. The Morgan fingerprint density at radius 3 is 2.43 bits per heavy atom. The van der Waals surface area contributed by atoms with Gasteiger partial charge in [0, 0.05) is 36.9 Å². The van der Waals surface area contributed by atoms with Crippen LogP contribution in [0.15, 0.2) is 59.6 Å². The number of aromatic hydroxyl groups is 1. The second-order valence-electron chi connectivity index (χ2n) is 8.77. The lowest BCUT2D eigenvalue weighted by atomic mass is 10.1. The minimum atomic E-state index is -1.21. The highest BCUT2D eigenvalue weighted by molar-refractivity contribution is 6.00. The lowest BCUT2D eigenvalue weighted by molar-refractivity contribution is 0.0696. The van der Waals surface area contributed by atoms with Crippen molar-refractivity contribution in [2.24, 2.45) is 10.7 Å². The quantitative estimate of drug-likeness (QED) is 0.297. The standard InChI is InChI=1S/C25H25N5O5/c1-25(2)13-30(3)23(29-25)15-5-4-6-17(9-15)34-20-11-16(24(32)33)12-21(28-20)35-19-10-14(22(26)27)7-8-18(19)31/h4-12,31H,13H2,1-3H3,(H3,26,27)(H,32,33). The molecule has 180 valence electrons. The average molecular weight is 476 g/mol. The number of rotatable bonds is 7. The highest BCUT2D eigenvalue weighted by atomic mass is 16.5. The van der Waals surface area contributed by atoms with Crippen LogP contribution in [-0.2, 0) is 0 Å². The smallest absolute Gasteiger partial charge is 0.336 e. The van der Waals surface area contributed by atoms with Gasteiger partial charge in [0.2, 0.25) is 11.8 Å². The summed E-state index contributed by atoms with van der Waals surface area (Å²) in [5.41, 5.74) is 6.36. The van der Waals surface area contributed by atoms with Gasteiger partial charge < -0.3 is 30.3 Å². The third-order valence-electron chi connectivity index (χ3n) is 5.22. The minimum Gasteiger partial charge on any atom is -0.504 e. The van der Waals surface area contributed by atoms with Crippen molar-refractivity contribution in [3.05, 3.63) is 71.3 Å². The summed E-state index contributed by atoms with van der Waals surface area (Å²) in [5, 5.41) is 27.2. The molecule has 0 fully saturated rings. The molecule has 3 aromatic rings. The van der Waals surface area contributed by atoms with E-state index in [4.69, 9.17) is 25.6 Å². The SMILES string of the molecule is CN1CC(C)(C)N=C1c1cccc(Oc2cc(C(=O)O)cc(Oc3cc(C(=N)N)ccc3O)n2)c1. The number of aromatic nitrogens is 1. The number of amidine groups is 2. The van der Waals surface area contributed by atoms with Crippen molar-refractivity contribution >= 4 is 17.6 Å². The molecule has 10 nitrogen and oxygen atoms in total. The molecule has 0 spiro atoms. The van der Waals surface area contributed by atoms with E-state index in [2.05, 4.69) is 23.7 Å². The van der Waals surface area contributed by atoms with E-state index in [0.29, 0.717) is 11.3 Å². The van der Waals surface area contributed by atoms with Crippen LogP contribution in [0.5, 0.6) is 29.0 Å². The Bertz CT molecular complexity index is 1350. The number of carboxylic acids is 1. The predicted octanol–water partition coefficient (Wildman–Crippen LogP) is 3.82. The first kappa shape index (κ1) is 23.6. The fraction of sp³-hybridized carbons (Fsp3) is 0.200. The number of carboxylic acid groups (broad SMARTS) is 1. The fourth-order valence-electron chi connectivity index (χ4n) is 3.75. The van der Waals surface area contributed by atoms with Crippen LogP contribution in [-0.4, -0.2) is 56.9 Å². The molecule has 10 heteroatoms. The summed E-state index contributed by atoms with van der Waals surface area (Å²) in [6.07, 6.45) is 0. The topological polar surface area (TPSA) is 154 Å². The van der Waals surface area contributed by atoms with Crippen LogP contribution in [0, 0.1) is 5.41 Å². The van der Waals surface area contributed by atoms with Crippen LogP contribution in [0.25, 0.3) is 0 Å². The van der Waals surface area contributed by atoms with Gasteiger partial charge in [0.1, 0.15) is 17.4 Å². The molecule has 1 aromatic heterocycles. The van der Waals surface area contributed by atoms with E-state index >= 15 is 0 Å². The molecule has 5 N–H and O–H groups in total. The number of phenols is 1. The number of phenolic OH excluding ortho intramolecular Hbond substituents is 1. The number of aliphatic imine (C=N–C) groups is 1. The van der Waals surface area contributed by atoms with E-state index in [9.17, 15) is 15.0 Å². The number of hydrogen-bond acceptors (Lipinski definition) is 8. The van der Waals surface area contributed by atoms with Gasteiger partial charge in [0.25, 0.3) is 0 Å². The molecule has 0 amide bonds. The third kappa shape index (κ3) is 5.32. The van der Waals surface area contributed by atoms with Crippen molar-refractivity contribution in [1.29, 1.82) is 5.41 Å². The zero-order valence-electron chi connectivity index (χ0n) is 19.4. The summed E-state index contributed by atoms with van der Waals surface area (Å²) in [6.45, 7) is 4.90. The van der Waals surface area contributed by atoms with E-state index in [1.807, 2.05) is 19.2 Å². The van der Waals surface area contributed by atoms with Crippen molar-refractivity contribution in [3.8, 4) is 29.0 Å². The number of nitrogens with one attached hydrogen (secondary N) is 1. The van der Waals surface area contributed by atoms with E-state index in [0.717, 1.165) is 17.9 Å². The summed E-state index contributed by atoms with van der Waals surface area (Å²) in [5.74, 6) is -0.547. The Hall–Kier alpha value is -4.60. The summed E-state index contributed by atoms with van der Waals surface area (Å²) in [6, 6.07) is 13.9. The lowest BCUT2D eigenvalue weighted by Gasteiger charge is -2.17. The van der Waals surface area contributed by atoms with Crippen LogP contribution >= 0.6 is 0 Å². The maximum Gasteiger partial charge on any atom is 0.336 e. The number of nitrogen functional groups attached to an aromatic ring is 1. The number of likely N-dealkylation sites (N-methyl/N-ethyl adjacent to an activating group) is 1. The highest BCUT2D eigenvalue weighted by Crippen LogP contribution is 2.33. The molecule has 2 heterocycles. The number of hydrogen-bond donors (Lipinski definition) is 4. The first-order valence-electron chi connectivity index (χ1n) is 10.7. The molecule has 35 heavy (non-hydrogen) atoms. The van der Waals surface area contributed by atoms with Gasteiger partial charge in [0.05, 0.1) is 11.1 Å². The van der Waals surface area contributed by atoms with Gasteiger partial charge in [-0.05, 0) is 44.2 Å². The Labute approximate surface area is 201 Å². The normalized spacial score (nSPS) is 14.4. The zero-order valence-corrected chi connectivity index (χ0v) is 19.4. The number of nitrogens with zero attached hydrogens (tertiary/aromatic N) is 3. The summed E-state index contributed by atoms with van der Waals surface area (Å²) < 4.78 is 11.5. The van der Waals surface area contributed by atoms with E-state index < -0.39 is 5.97 Å². The van der Waals surface area contributed by atoms with Crippen molar-refractivity contribution in [1.82, 2.24) is 9.88 Å². The van der Waals surface area contributed by atoms with Gasteiger partial charge in [-0.3, -0.25) is 10.4 Å². The Morgan fingerprint density at radius 2 is 1.80 bits per heavy atom.